The maximum atomic E-state index is 12.5. The first-order chi connectivity index (χ1) is 14.5. The van der Waals surface area contributed by atoms with E-state index in [1.54, 1.807) is 31.2 Å². The van der Waals surface area contributed by atoms with Crippen molar-refractivity contribution in [1.82, 2.24) is 10.3 Å². The molecule has 0 aliphatic heterocycles. The SMILES string of the molecule is CC(=CC=CCNC(=O)c1nc2ccccc2[n+]([O-])c1C)c1cc2ccccc2o1. The zero-order valence-corrected chi connectivity index (χ0v) is 16.8. The number of hydrogen-bond acceptors (Lipinski definition) is 4. The van der Waals surface area contributed by atoms with Crippen LogP contribution in [0.5, 0.6) is 0 Å². The predicted molar refractivity (Wildman–Crippen MR) is 117 cm³/mol. The van der Waals surface area contributed by atoms with Crippen LogP contribution in [0.1, 0.15) is 28.9 Å². The molecule has 0 atom stereocenters. The number of aromatic nitrogens is 2. The second kappa shape index (κ2) is 8.21. The number of rotatable bonds is 5. The van der Waals surface area contributed by atoms with Crippen molar-refractivity contribution in [3.8, 4) is 0 Å². The Morgan fingerprint density at radius 1 is 1.20 bits per heavy atom. The summed E-state index contributed by atoms with van der Waals surface area (Å²) in [4.78, 5) is 16.8. The van der Waals surface area contributed by atoms with E-state index in [1.165, 1.54) is 0 Å². The first kappa shape index (κ1) is 19.4. The number of fused-ring (bicyclic) bond motifs is 2. The maximum absolute atomic E-state index is 12.5. The Hall–Kier alpha value is -3.93. The van der Waals surface area contributed by atoms with E-state index >= 15 is 0 Å². The second-order valence-corrected chi connectivity index (χ2v) is 6.97. The fourth-order valence-electron chi connectivity index (χ4n) is 3.20. The molecule has 0 unspecified atom stereocenters. The number of para-hydroxylation sites is 3. The Morgan fingerprint density at radius 2 is 1.97 bits per heavy atom. The number of carbonyl (C=O) groups is 1. The minimum Gasteiger partial charge on any atom is -0.618 e. The van der Waals surface area contributed by atoms with Crippen LogP contribution in [0.15, 0.2) is 77.2 Å². The van der Waals surface area contributed by atoms with Crippen molar-refractivity contribution >= 4 is 33.5 Å². The average molecular weight is 399 g/mol. The zero-order valence-electron chi connectivity index (χ0n) is 16.8. The van der Waals surface area contributed by atoms with Crippen molar-refractivity contribution in [2.24, 2.45) is 0 Å². The van der Waals surface area contributed by atoms with Gasteiger partial charge in [-0.2, -0.15) is 4.73 Å². The monoisotopic (exact) mass is 399 g/mol. The van der Waals surface area contributed by atoms with Gasteiger partial charge in [-0.1, -0.05) is 48.6 Å². The van der Waals surface area contributed by atoms with Gasteiger partial charge in [-0.3, -0.25) is 4.79 Å². The molecular weight excluding hydrogens is 378 g/mol. The molecule has 0 bridgehead atoms. The quantitative estimate of drug-likeness (QED) is 0.308. The normalized spacial score (nSPS) is 12.1. The van der Waals surface area contributed by atoms with Gasteiger partial charge in [0, 0.05) is 24.9 Å². The average Bonchev–Trinajstić information content (AvgIpc) is 3.20. The van der Waals surface area contributed by atoms with Crippen LogP contribution >= 0.6 is 0 Å². The van der Waals surface area contributed by atoms with Crippen LogP contribution in [0.25, 0.3) is 27.6 Å². The first-order valence-electron chi connectivity index (χ1n) is 9.64. The summed E-state index contributed by atoms with van der Waals surface area (Å²) in [6.07, 6.45) is 5.61. The lowest BCUT2D eigenvalue weighted by atomic mass is 10.2. The van der Waals surface area contributed by atoms with Crippen molar-refractivity contribution in [3.05, 3.63) is 95.2 Å². The van der Waals surface area contributed by atoms with Crippen molar-refractivity contribution in [1.29, 1.82) is 0 Å². The maximum Gasteiger partial charge on any atom is 0.276 e. The van der Waals surface area contributed by atoms with E-state index in [9.17, 15) is 10.0 Å². The Labute approximate surface area is 173 Å². The Bertz CT molecular complexity index is 1270. The highest BCUT2D eigenvalue weighted by Gasteiger charge is 2.20. The molecule has 1 N–H and O–H groups in total. The van der Waals surface area contributed by atoms with Gasteiger partial charge in [-0.15, -0.1) is 0 Å². The molecule has 150 valence electrons. The number of nitrogens with zero attached hydrogens (tertiary/aromatic N) is 2. The number of carbonyl (C=O) groups excluding carboxylic acids is 1. The van der Waals surface area contributed by atoms with Crippen LogP contribution in [-0.2, 0) is 0 Å². The van der Waals surface area contributed by atoms with Gasteiger partial charge in [0.1, 0.15) is 16.9 Å². The summed E-state index contributed by atoms with van der Waals surface area (Å²) >= 11 is 0. The molecule has 0 spiro atoms. The number of amides is 1. The number of hydrogen-bond donors (Lipinski definition) is 1. The van der Waals surface area contributed by atoms with Gasteiger partial charge < -0.3 is 14.9 Å². The van der Waals surface area contributed by atoms with Crippen molar-refractivity contribution in [3.63, 3.8) is 0 Å². The number of allylic oxidation sites excluding steroid dienone is 3. The fourth-order valence-corrected chi connectivity index (χ4v) is 3.20. The minimum atomic E-state index is -0.384. The molecule has 2 aromatic carbocycles. The van der Waals surface area contributed by atoms with Crippen molar-refractivity contribution in [2.45, 2.75) is 13.8 Å². The van der Waals surface area contributed by atoms with Gasteiger partial charge >= 0.3 is 0 Å². The lowest BCUT2D eigenvalue weighted by Gasteiger charge is -2.08. The summed E-state index contributed by atoms with van der Waals surface area (Å²) in [7, 11) is 0. The topological polar surface area (TPSA) is 82.1 Å². The van der Waals surface area contributed by atoms with Crippen LogP contribution < -0.4 is 10.0 Å². The molecule has 0 saturated heterocycles. The van der Waals surface area contributed by atoms with Crippen LogP contribution in [-0.4, -0.2) is 17.4 Å². The Morgan fingerprint density at radius 3 is 2.80 bits per heavy atom. The lowest BCUT2D eigenvalue weighted by molar-refractivity contribution is -0.584. The standard InChI is InChI=1S/C24H21N3O3/c1-16(22-15-18-10-3-6-13-21(18)30-22)9-7-8-14-25-24(28)23-17(2)27(29)20-12-5-4-11-19(20)26-23/h3-13,15H,14H2,1-2H3,(H,25,28). The highest BCUT2D eigenvalue weighted by atomic mass is 16.5. The van der Waals surface area contributed by atoms with Gasteiger partial charge in [-0.05, 0) is 30.7 Å². The Kier molecular flexibility index (Phi) is 5.30. The molecule has 4 aromatic rings. The highest BCUT2D eigenvalue weighted by molar-refractivity contribution is 5.94. The molecule has 30 heavy (non-hydrogen) atoms. The summed E-state index contributed by atoms with van der Waals surface area (Å²) in [5.41, 5.74) is 3.17. The van der Waals surface area contributed by atoms with E-state index in [2.05, 4.69) is 10.3 Å². The third-order valence-corrected chi connectivity index (χ3v) is 4.87. The van der Waals surface area contributed by atoms with Gasteiger partial charge in [0.2, 0.25) is 11.2 Å². The summed E-state index contributed by atoms with van der Waals surface area (Å²) in [6, 6.07) is 16.8. The molecular formula is C24H21N3O3. The summed E-state index contributed by atoms with van der Waals surface area (Å²) < 4.78 is 6.57. The summed E-state index contributed by atoms with van der Waals surface area (Å²) in [5.74, 6) is 0.423. The van der Waals surface area contributed by atoms with E-state index in [4.69, 9.17) is 4.42 Å². The van der Waals surface area contributed by atoms with Crippen LogP contribution in [0.3, 0.4) is 0 Å². The van der Waals surface area contributed by atoms with Gasteiger partial charge in [0.05, 0.1) is 0 Å². The fraction of sp³-hybridized carbons (Fsp3) is 0.125. The van der Waals surface area contributed by atoms with Crippen molar-refractivity contribution in [2.75, 3.05) is 6.54 Å². The molecule has 4 rings (SSSR count). The number of furan rings is 1. The molecule has 2 aromatic heterocycles. The van der Waals surface area contributed by atoms with Crippen LogP contribution in [0, 0.1) is 12.1 Å². The summed E-state index contributed by atoms with van der Waals surface area (Å²) in [5, 5.41) is 16.2. The third kappa shape index (κ3) is 3.80. The highest BCUT2D eigenvalue weighted by Crippen LogP contribution is 2.24. The lowest BCUT2D eigenvalue weighted by Crippen LogP contribution is -2.37. The van der Waals surface area contributed by atoms with E-state index in [-0.39, 0.29) is 17.3 Å². The van der Waals surface area contributed by atoms with Crippen LogP contribution in [0.4, 0.5) is 0 Å². The van der Waals surface area contributed by atoms with Crippen LogP contribution in [0.2, 0.25) is 0 Å². The van der Waals surface area contributed by atoms with E-state index in [1.807, 2.05) is 55.5 Å². The number of benzene rings is 2. The summed E-state index contributed by atoms with van der Waals surface area (Å²) in [6.45, 7) is 3.88. The molecule has 0 fully saturated rings. The largest absolute Gasteiger partial charge is 0.618 e. The van der Waals surface area contributed by atoms with Crippen molar-refractivity contribution < 1.29 is 13.9 Å². The molecule has 1 amide bonds. The van der Waals surface area contributed by atoms with E-state index < -0.39 is 0 Å². The molecule has 0 aliphatic carbocycles. The molecule has 2 heterocycles. The Balaban J connectivity index is 1.42. The van der Waals surface area contributed by atoms with E-state index in [0.29, 0.717) is 17.6 Å². The van der Waals surface area contributed by atoms with Gasteiger partial charge in [0.15, 0.2) is 5.69 Å². The second-order valence-electron chi connectivity index (χ2n) is 6.97. The molecule has 0 radical (unpaired) electrons. The third-order valence-electron chi connectivity index (χ3n) is 4.87. The molecule has 6 nitrogen and oxygen atoms in total. The minimum absolute atomic E-state index is 0.131. The number of nitrogens with one attached hydrogen (secondary N) is 1. The molecule has 6 heteroatoms. The predicted octanol–water partition coefficient (Wildman–Crippen LogP) is 4.31. The van der Waals surface area contributed by atoms with Gasteiger partial charge in [0.25, 0.3) is 5.91 Å². The van der Waals surface area contributed by atoms with Gasteiger partial charge in [-0.25, -0.2) is 4.98 Å². The van der Waals surface area contributed by atoms with E-state index in [0.717, 1.165) is 27.0 Å². The first-order valence-corrected chi connectivity index (χ1v) is 9.64. The smallest absolute Gasteiger partial charge is 0.276 e. The molecule has 0 aliphatic rings. The zero-order chi connectivity index (χ0) is 21.1. The molecule has 0 saturated carbocycles.